The molecule has 0 saturated heterocycles. The van der Waals surface area contributed by atoms with Gasteiger partial charge in [-0.3, -0.25) is 14.4 Å². The SMILES string of the molecule is CCOC(=O)C1CCCC1C(=O)CC(=O)Cc1c(C)cc(I)cc1C. The van der Waals surface area contributed by atoms with Crippen LogP contribution in [0.5, 0.6) is 0 Å². The maximum absolute atomic E-state index is 12.6. The van der Waals surface area contributed by atoms with Gasteiger partial charge in [0.15, 0.2) is 0 Å². The number of rotatable bonds is 7. The average Bonchev–Trinajstić information content (AvgIpc) is 3.00. The molecule has 1 aliphatic carbocycles. The van der Waals surface area contributed by atoms with Gasteiger partial charge >= 0.3 is 5.97 Å². The van der Waals surface area contributed by atoms with Crippen LogP contribution in [-0.2, 0) is 25.5 Å². The first-order valence-corrected chi connectivity index (χ1v) is 9.88. The summed E-state index contributed by atoms with van der Waals surface area (Å²) in [5.74, 6) is -1.22. The molecule has 0 aliphatic heterocycles. The van der Waals surface area contributed by atoms with E-state index in [0.29, 0.717) is 19.4 Å². The van der Waals surface area contributed by atoms with Gasteiger partial charge in [-0.25, -0.2) is 0 Å². The first-order chi connectivity index (χ1) is 11.8. The zero-order valence-electron chi connectivity index (χ0n) is 15.1. The summed E-state index contributed by atoms with van der Waals surface area (Å²) in [6.07, 6.45) is 2.38. The van der Waals surface area contributed by atoms with E-state index in [4.69, 9.17) is 4.74 Å². The molecule has 1 saturated carbocycles. The molecule has 5 heteroatoms. The van der Waals surface area contributed by atoms with Crippen LogP contribution in [0.25, 0.3) is 0 Å². The van der Waals surface area contributed by atoms with Crippen LogP contribution in [0.15, 0.2) is 12.1 Å². The van der Waals surface area contributed by atoms with Crippen molar-refractivity contribution < 1.29 is 19.1 Å². The lowest BCUT2D eigenvalue weighted by atomic mass is 9.88. The first-order valence-electron chi connectivity index (χ1n) is 8.80. The fourth-order valence-corrected chi connectivity index (χ4v) is 4.62. The minimum absolute atomic E-state index is 0.0769. The molecule has 2 atom stereocenters. The molecular formula is C20H25IO4. The molecular weight excluding hydrogens is 431 g/mol. The van der Waals surface area contributed by atoms with E-state index in [1.165, 1.54) is 0 Å². The molecule has 136 valence electrons. The largest absolute Gasteiger partial charge is 0.466 e. The third kappa shape index (κ3) is 5.12. The van der Waals surface area contributed by atoms with Crippen molar-refractivity contribution in [2.24, 2.45) is 11.8 Å². The lowest BCUT2D eigenvalue weighted by Gasteiger charge is -2.17. The molecule has 2 unspecified atom stereocenters. The Hall–Kier alpha value is -1.24. The van der Waals surface area contributed by atoms with Crippen LogP contribution >= 0.6 is 22.6 Å². The monoisotopic (exact) mass is 456 g/mol. The lowest BCUT2D eigenvalue weighted by Crippen LogP contribution is -2.28. The van der Waals surface area contributed by atoms with E-state index in [2.05, 4.69) is 22.6 Å². The molecule has 0 amide bonds. The molecule has 25 heavy (non-hydrogen) atoms. The van der Waals surface area contributed by atoms with Crippen LogP contribution in [-0.4, -0.2) is 24.1 Å². The molecule has 0 spiro atoms. The number of hydrogen-bond acceptors (Lipinski definition) is 4. The number of benzene rings is 1. The number of aryl methyl sites for hydroxylation is 2. The fraction of sp³-hybridized carbons (Fsp3) is 0.550. The molecule has 0 aromatic heterocycles. The zero-order chi connectivity index (χ0) is 18.6. The molecule has 4 nitrogen and oxygen atoms in total. The van der Waals surface area contributed by atoms with E-state index in [1.54, 1.807) is 6.92 Å². The van der Waals surface area contributed by atoms with E-state index in [-0.39, 0.29) is 42.2 Å². The molecule has 0 bridgehead atoms. The Morgan fingerprint density at radius 1 is 1.12 bits per heavy atom. The highest BCUT2D eigenvalue weighted by atomic mass is 127. The van der Waals surface area contributed by atoms with Crippen LogP contribution in [0, 0.1) is 29.3 Å². The number of Topliss-reactive ketones (excluding diaryl/α,β-unsaturated/α-hetero) is 2. The zero-order valence-corrected chi connectivity index (χ0v) is 17.2. The standard InChI is InChI=1S/C20H25IO4/c1-4-25-20(24)17-7-5-6-16(17)19(23)11-15(22)10-18-12(2)8-14(21)9-13(18)3/h8-9,16-17H,4-7,10-11H2,1-3H3. The van der Waals surface area contributed by atoms with Gasteiger partial charge in [0.05, 0.1) is 18.9 Å². The van der Waals surface area contributed by atoms with Crippen molar-refractivity contribution in [1.29, 1.82) is 0 Å². The van der Waals surface area contributed by atoms with E-state index in [1.807, 2.05) is 26.0 Å². The molecule has 0 heterocycles. The number of esters is 1. The molecule has 1 aromatic carbocycles. The lowest BCUT2D eigenvalue weighted by molar-refractivity contribution is -0.151. The van der Waals surface area contributed by atoms with Crippen molar-refractivity contribution in [3.63, 3.8) is 0 Å². The van der Waals surface area contributed by atoms with Crippen molar-refractivity contribution in [2.75, 3.05) is 6.61 Å². The van der Waals surface area contributed by atoms with Gasteiger partial charge in [0.1, 0.15) is 11.6 Å². The van der Waals surface area contributed by atoms with Gasteiger partial charge in [0.2, 0.25) is 0 Å². The van der Waals surface area contributed by atoms with Gasteiger partial charge in [-0.05, 0) is 85.0 Å². The number of ether oxygens (including phenoxy) is 1. The third-order valence-corrected chi connectivity index (χ3v) is 5.55. The molecule has 1 fully saturated rings. The quantitative estimate of drug-likeness (QED) is 0.354. The molecule has 1 aliphatic rings. The first kappa shape index (κ1) is 20.1. The Kier molecular flexibility index (Phi) is 7.16. The van der Waals surface area contributed by atoms with Gasteiger partial charge < -0.3 is 4.74 Å². The van der Waals surface area contributed by atoms with E-state index < -0.39 is 0 Å². The Balaban J connectivity index is 2.01. The molecule has 1 aromatic rings. The second kappa shape index (κ2) is 8.92. The van der Waals surface area contributed by atoms with E-state index in [0.717, 1.165) is 26.7 Å². The van der Waals surface area contributed by atoms with Gasteiger partial charge in [0, 0.05) is 15.9 Å². The van der Waals surface area contributed by atoms with Gasteiger partial charge in [-0.1, -0.05) is 6.42 Å². The Labute approximate surface area is 162 Å². The van der Waals surface area contributed by atoms with Gasteiger partial charge in [0.25, 0.3) is 0 Å². The van der Waals surface area contributed by atoms with Crippen molar-refractivity contribution in [2.45, 2.75) is 52.9 Å². The minimum atomic E-state index is -0.373. The van der Waals surface area contributed by atoms with E-state index in [9.17, 15) is 14.4 Å². The second-order valence-corrected chi connectivity index (χ2v) is 8.02. The van der Waals surface area contributed by atoms with Crippen molar-refractivity contribution >= 4 is 40.1 Å². The number of carbonyl (C=O) groups is 3. The number of halogens is 1. The summed E-state index contributed by atoms with van der Waals surface area (Å²) in [5.41, 5.74) is 3.16. The highest BCUT2D eigenvalue weighted by molar-refractivity contribution is 14.1. The highest BCUT2D eigenvalue weighted by Crippen LogP contribution is 2.34. The number of hydrogen-bond donors (Lipinski definition) is 0. The summed E-state index contributed by atoms with van der Waals surface area (Å²) in [5, 5.41) is 0. The van der Waals surface area contributed by atoms with Crippen LogP contribution in [0.3, 0.4) is 0 Å². The summed E-state index contributed by atoms with van der Waals surface area (Å²) >= 11 is 2.26. The minimum Gasteiger partial charge on any atom is -0.466 e. The molecule has 0 radical (unpaired) electrons. The Bertz CT molecular complexity index is 657. The maximum Gasteiger partial charge on any atom is 0.309 e. The summed E-state index contributed by atoms with van der Waals surface area (Å²) in [4.78, 5) is 37.0. The molecule has 0 N–H and O–H groups in total. The van der Waals surface area contributed by atoms with Crippen LogP contribution in [0.1, 0.15) is 49.3 Å². The number of ketones is 2. The van der Waals surface area contributed by atoms with Gasteiger partial charge in [-0.2, -0.15) is 0 Å². The van der Waals surface area contributed by atoms with Crippen LogP contribution < -0.4 is 0 Å². The number of carbonyl (C=O) groups excluding carboxylic acids is 3. The topological polar surface area (TPSA) is 60.4 Å². The van der Waals surface area contributed by atoms with Crippen molar-refractivity contribution in [3.05, 3.63) is 32.4 Å². The summed E-state index contributed by atoms with van der Waals surface area (Å²) in [6, 6.07) is 4.09. The third-order valence-electron chi connectivity index (χ3n) is 4.93. The smallest absolute Gasteiger partial charge is 0.309 e. The average molecular weight is 456 g/mol. The Morgan fingerprint density at radius 3 is 2.32 bits per heavy atom. The van der Waals surface area contributed by atoms with Crippen molar-refractivity contribution in [3.8, 4) is 0 Å². The predicted molar refractivity (Wildman–Crippen MR) is 104 cm³/mol. The predicted octanol–water partition coefficient (Wildman–Crippen LogP) is 3.96. The van der Waals surface area contributed by atoms with Gasteiger partial charge in [-0.15, -0.1) is 0 Å². The molecule has 2 rings (SSSR count). The normalized spacial score (nSPS) is 19.7. The summed E-state index contributed by atoms with van der Waals surface area (Å²) < 4.78 is 6.21. The summed E-state index contributed by atoms with van der Waals surface area (Å²) in [7, 11) is 0. The Morgan fingerprint density at radius 2 is 1.72 bits per heavy atom. The second-order valence-electron chi connectivity index (χ2n) is 6.77. The van der Waals surface area contributed by atoms with Crippen LogP contribution in [0.4, 0.5) is 0 Å². The maximum atomic E-state index is 12.6. The summed E-state index contributed by atoms with van der Waals surface area (Å²) in [6.45, 7) is 6.07. The highest BCUT2D eigenvalue weighted by Gasteiger charge is 2.38. The van der Waals surface area contributed by atoms with Crippen LogP contribution in [0.2, 0.25) is 0 Å². The van der Waals surface area contributed by atoms with Crippen molar-refractivity contribution in [1.82, 2.24) is 0 Å². The fourth-order valence-electron chi connectivity index (χ4n) is 3.68. The van der Waals surface area contributed by atoms with E-state index >= 15 is 0 Å².